The fourth-order valence-electron chi connectivity index (χ4n) is 4.05. The Bertz CT molecular complexity index is 553. The molecular formula is C19H33N3O3. The van der Waals surface area contributed by atoms with Crippen LogP contribution >= 0.6 is 0 Å². The van der Waals surface area contributed by atoms with Crippen LogP contribution in [0, 0.1) is 25.7 Å². The van der Waals surface area contributed by atoms with Crippen LogP contribution in [0.25, 0.3) is 0 Å². The minimum atomic E-state index is -0.143. The Morgan fingerprint density at radius 3 is 2.64 bits per heavy atom. The molecule has 6 nitrogen and oxygen atoms in total. The number of unbranched alkanes of at least 4 members (excludes halogenated alkanes) is 1. The van der Waals surface area contributed by atoms with Gasteiger partial charge in [-0.05, 0) is 45.7 Å². The van der Waals surface area contributed by atoms with Crippen molar-refractivity contribution in [3.05, 3.63) is 17.0 Å². The van der Waals surface area contributed by atoms with Crippen molar-refractivity contribution in [1.82, 2.24) is 15.0 Å². The molecule has 1 aliphatic rings. The standard InChI is InChI=1S/C19H33N3O3/c1-6-8-9-21(5)11-16-15(7-2)10-22(17(16)12-23)19(24)18-13(3)20-25-14(18)4/h15-17,23H,6-12H2,1-5H3/t15-,16-,17-/m1/s1. The van der Waals surface area contributed by atoms with Crippen LogP contribution in [0.15, 0.2) is 4.52 Å². The molecule has 1 saturated heterocycles. The van der Waals surface area contributed by atoms with Gasteiger partial charge in [0.05, 0.1) is 18.3 Å². The monoisotopic (exact) mass is 351 g/mol. The Morgan fingerprint density at radius 2 is 2.12 bits per heavy atom. The molecule has 25 heavy (non-hydrogen) atoms. The highest BCUT2D eigenvalue weighted by molar-refractivity contribution is 5.96. The second kappa shape index (κ2) is 8.81. The topological polar surface area (TPSA) is 69.8 Å². The van der Waals surface area contributed by atoms with Crippen molar-refractivity contribution < 1.29 is 14.4 Å². The second-order valence-electron chi connectivity index (χ2n) is 7.35. The van der Waals surface area contributed by atoms with Crippen LogP contribution in [-0.4, -0.2) is 65.3 Å². The van der Waals surface area contributed by atoms with Crippen molar-refractivity contribution in [3.63, 3.8) is 0 Å². The van der Waals surface area contributed by atoms with Crippen LogP contribution in [0.4, 0.5) is 0 Å². The molecule has 0 radical (unpaired) electrons. The fraction of sp³-hybridized carbons (Fsp3) is 0.789. The summed E-state index contributed by atoms with van der Waals surface area (Å²) in [5.74, 6) is 1.19. The van der Waals surface area contributed by atoms with Crippen LogP contribution in [-0.2, 0) is 0 Å². The normalized spacial score (nSPS) is 23.6. The van der Waals surface area contributed by atoms with Gasteiger partial charge in [-0.25, -0.2) is 0 Å². The Kier molecular flexibility index (Phi) is 7.02. The summed E-state index contributed by atoms with van der Waals surface area (Å²) in [6.07, 6.45) is 3.35. The molecule has 1 aromatic heterocycles. The average molecular weight is 351 g/mol. The second-order valence-corrected chi connectivity index (χ2v) is 7.35. The molecule has 1 aliphatic heterocycles. The van der Waals surface area contributed by atoms with Crippen molar-refractivity contribution in [2.45, 2.75) is 53.0 Å². The van der Waals surface area contributed by atoms with Crippen molar-refractivity contribution in [2.24, 2.45) is 11.8 Å². The maximum Gasteiger partial charge on any atom is 0.259 e. The number of hydrogen-bond acceptors (Lipinski definition) is 5. The number of aromatic nitrogens is 1. The van der Waals surface area contributed by atoms with Gasteiger partial charge in [-0.1, -0.05) is 31.8 Å². The molecule has 1 aromatic rings. The number of carbonyl (C=O) groups is 1. The minimum Gasteiger partial charge on any atom is -0.394 e. The Hall–Kier alpha value is -1.40. The lowest BCUT2D eigenvalue weighted by Crippen LogP contribution is -2.43. The van der Waals surface area contributed by atoms with Crippen molar-refractivity contribution in [2.75, 3.05) is 33.3 Å². The molecule has 3 atom stereocenters. The van der Waals surface area contributed by atoms with Gasteiger partial charge in [0.25, 0.3) is 5.91 Å². The lowest BCUT2D eigenvalue weighted by Gasteiger charge is -2.30. The van der Waals surface area contributed by atoms with Gasteiger partial charge < -0.3 is 19.4 Å². The van der Waals surface area contributed by atoms with E-state index in [2.05, 4.69) is 31.0 Å². The molecule has 0 unspecified atom stereocenters. The molecule has 0 aliphatic carbocycles. The first-order valence-corrected chi connectivity index (χ1v) is 9.47. The average Bonchev–Trinajstić information content (AvgIpc) is 3.12. The van der Waals surface area contributed by atoms with Gasteiger partial charge in [0.1, 0.15) is 11.3 Å². The molecule has 0 saturated carbocycles. The lowest BCUT2D eigenvalue weighted by molar-refractivity contribution is 0.0620. The summed E-state index contributed by atoms with van der Waals surface area (Å²) in [7, 11) is 2.13. The number of amides is 1. The molecule has 1 amide bonds. The van der Waals surface area contributed by atoms with E-state index in [1.165, 1.54) is 12.8 Å². The van der Waals surface area contributed by atoms with E-state index in [-0.39, 0.29) is 18.6 Å². The number of aryl methyl sites for hydroxylation is 2. The highest BCUT2D eigenvalue weighted by atomic mass is 16.5. The van der Waals surface area contributed by atoms with Crippen LogP contribution in [0.3, 0.4) is 0 Å². The maximum absolute atomic E-state index is 13.1. The first-order valence-electron chi connectivity index (χ1n) is 9.47. The van der Waals surface area contributed by atoms with E-state index in [1.54, 1.807) is 13.8 Å². The van der Waals surface area contributed by atoms with Gasteiger partial charge in [0, 0.05) is 13.1 Å². The van der Waals surface area contributed by atoms with Crippen LogP contribution < -0.4 is 0 Å². The zero-order chi connectivity index (χ0) is 18.6. The third kappa shape index (κ3) is 4.23. The molecule has 1 N–H and O–H groups in total. The van der Waals surface area contributed by atoms with E-state index >= 15 is 0 Å². The highest BCUT2D eigenvalue weighted by Crippen LogP contribution is 2.34. The Balaban J connectivity index is 2.18. The van der Waals surface area contributed by atoms with E-state index in [1.807, 2.05) is 4.90 Å². The van der Waals surface area contributed by atoms with Crippen molar-refractivity contribution in [3.8, 4) is 0 Å². The maximum atomic E-state index is 13.1. The smallest absolute Gasteiger partial charge is 0.259 e. The molecule has 1 fully saturated rings. The highest BCUT2D eigenvalue weighted by Gasteiger charge is 2.44. The fourth-order valence-corrected chi connectivity index (χ4v) is 4.05. The Morgan fingerprint density at radius 1 is 1.40 bits per heavy atom. The molecule has 142 valence electrons. The molecule has 0 bridgehead atoms. The number of nitrogens with zero attached hydrogens (tertiary/aromatic N) is 3. The number of hydrogen-bond donors (Lipinski definition) is 1. The van der Waals surface area contributed by atoms with Crippen LogP contribution in [0.2, 0.25) is 0 Å². The van der Waals surface area contributed by atoms with E-state index in [0.717, 1.165) is 19.5 Å². The summed E-state index contributed by atoms with van der Waals surface area (Å²) in [5, 5.41) is 13.9. The summed E-state index contributed by atoms with van der Waals surface area (Å²) in [6.45, 7) is 10.6. The summed E-state index contributed by atoms with van der Waals surface area (Å²) in [6, 6.07) is -0.143. The molecular weight excluding hydrogens is 318 g/mol. The summed E-state index contributed by atoms with van der Waals surface area (Å²) < 4.78 is 5.17. The summed E-state index contributed by atoms with van der Waals surface area (Å²) in [5.41, 5.74) is 1.17. The third-order valence-corrected chi connectivity index (χ3v) is 5.57. The predicted molar refractivity (Wildman–Crippen MR) is 97.6 cm³/mol. The Labute approximate surface area is 151 Å². The molecule has 0 spiro atoms. The molecule has 2 rings (SSSR count). The largest absolute Gasteiger partial charge is 0.394 e. The van der Waals surface area contributed by atoms with E-state index < -0.39 is 0 Å². The number of aliphatic hydroxyl groups is 1. The van der Waals surface area contributed by atoms with E-state index in [4.69, 9.17) is 4.52 Å². The first kappa shape index (κ1) is 19.9. The lowest BCUT2D eigenvalue weighted by atomic mass is 9.88. The summed E-state index contributed by atoms with van der Waals surface area (Å²) >= 11 is 0. The first-order chi connectivity index (χ1) is 11.9. The van der Waals surface area contributed by atoms with Gasteiger partial charge in [0.2, 0.25) is 0 Å². The van der Waals surface area contributed by atoms with E-state index in [9.17, 15) is 9.90 Å². The van der Waals surface area contributed by atoms with Gasteiger partial charge in [-0.3, -0.25) is 4.79 Å². The molecule has 2 heterocycles. The van der Waals surface area contributed by atoms with Crippen molar-refractivity contribution in [1.29, 1.82) is 0 Å². The molecule has 0 aromatic carbocycles. The van der Waals surface area contributed by atoms with Crippen LogP contribution in [0.1, 0.15) is 54.9 Å². The predicted octanol–water partition coefficient (Wildman–Crippen LogP) is 2.48. The zero-order valence-corrected chi connectivity index (χ0v) is 16.3. The number of likely N-dealkylation sites (tertiary alicyclic amines) is 1. The quantitative estimate of drug-likeness (QED) is 0.779. The van der Waals surface area contributed by atoms with Gasteiger partial charge in [-0.15, -0.1) is 0 Å². The van der Waals surface area contributed by atoms with Crippen LogP contribution in [0.5, 0.6) is 0 Å². The third-order valence-electron chi connectivity index (χ3n) is 5.57. The minimum absolute atomic E-state index is 0.00208. The molecule has 6 heteroatoms. The van der Waals surface area contributed by atoms with E-state index in [0.29, 0.717) is 35.4 Å². The number of rotatable bonds is 8. The SMILES string of the molecule is CCCCN(C)C[C@@H]1[C@H](CC)CN(C(=O)c2c(C)noc2C)[C@@H]1CO. The number of aliphatic hydroxyl groups excluding tert-OH is 1. The summed E-state index contributed by atoms with van der Waals surface area (Å²) in [4.78, 5) is 17.3. The van der Waals surface area contributed by atoms with Gasteiger partial charge >= 0.3 is 0 Å². The zero-order valence-electron chi connectivity index (χ0n) is 16.3. The number of carbonyl (C=O) groups excluding carboxylic acids is 1. The van der Waals surface area contributed by atoms with Gasteiger partial charge in [0.15, 0.2) is 0 Å². The van der Waals surface area contributed by atoms with Crippen molar-refractivity contribution >= 4 is 5.91 Å². The van der Waals surface area contributed by atoms with Gasteiger partial charge in [-0.2, -0.15) is 0 Å².